The summed E-state index contributed by atoms with van der Waals surface area (Å²) in [4.78, 5) is 46.1. The maximum absolute atomic E-state index is 13.3. The molecule has 0 fully saturated rings. The van der Waals surface area contributed by atoms with E-state index >= 15 is 0 Å². The van der Waals surface area contributed by atoms with Crippen LogP contribution in [0.15, 0.2) is 29.7 Å². The van der Waals surface area contributed by atoms with E-state index in [0.717, 1.165) is 44.2 Å². The van der Waals surface area contributed by atoms with Gasteiger partial charge in [0.25, 0.3) is 17.2 Å². The fraction of sp³-hybridized carbons (Fsp3) is 0.655. The number of non-ortho nitro benzene ring substituents is 1. The topological polar surface area (TPSA) is 220 Å². The molecule has 43 heavy (non-hydrogen) atoms. The van der Waals surface area contributed by atoms with Crippen molar-refractivity contribution in [3.63, 3.8) is 0 Å². The van der Waals surface area contributed by atoms with Gasteiger partial charge in [-0.05, 0) is 18.9 Å². The summed E-state index contributed by atoms with van der Waals surface area (Å²) in [5.74, 6) is -8.96. The molecular weight excluding hydrogens is 568 g/mol. The number of cyclic esters (lactones) is 1. The van der Waals surface area contributed by atoms with E-state index in [9.17, 15) is 50.2 Å². The highest BCUT2D eigenvalue weighted by molar-refractivity contribution is 5.89. The van der Waals surface area contributed by atoms with Crippen LogP contribution in [-0.4, -0.2) is 60.7 Å². The second kappa shape index (κ2) is 17.4. The van der Waals surface area contributed by atoms with Crippen molar-refractivity contribution in [3.8, 4) is 0 Å². The molecule has 0 saturated carbocycles. The molecule has 240 valence electrons. The maximum atomic E-state index is 13.3. The number of hydrogen-bond donors (Lipinski definition) is 4. The molecule has 0 amide bonds. The van der Waals surface area contributed by atoms with Crippen LogP contribution in [-0.2, 0) is 25.5 Å². The van der Waals surface area contributed by atoms with Gasteiger partial charge < -0.3 is 29.9 Å². The predicted octanol–water partition coefficient (Wildman–Crippen LogP) is 5.23. The summed E-state index contributed by atoms with van der Waals surface area (Å²) in [7, 11) is 0. The van der Waals surface area contributed by atoms with E-state index in [4.69, 9.17) is 4.74 Å². The van der Waals surface area contributed by atoms with Crippen LogP contribution < -0.4 is 0 Å². The largest absolute Gasteiger partial charge is 0.505 e. The number of unbranched alkanes of at least 4 members (excludes halogenated alkanes) is 11. The van der Waals surface area contributed by atoms with Crippen molar-refractivity contribution in [2.45, 2.75) is 109 Å². The van der Waals surface area contributed by atoms with Crippen molar-refractivity contribution in [1.29, 1.82) is 0 Å². The van der Waals surface area contributed by atoms with Gasteiger partial charge in [0, 0.05) is 11.6 Å². The molecule has 1 unspecified atom stereocenters. The van der Waals surface area contributed by atoms with Gasteiger partial charge in [0.05, 0.1) is 21.8 Å². The molecule has 14 nitrogen and oxygen atoms in total. The highest BCUT2D eigenvalue weighted by Gasteiger charge is 2.52. The molecule has 0 bridgehead atoms. The quantitative estimate of drug-likeness (QED) is 0.0462. The number of aliphatic hydroxyl groups excluding tert-OH is 3. The molecule has 1 aliphatic rings. The molecule has 0 spiro atoms. The second-order valence-electron chi connectivity index (χ2n) is 10.8. The number of esters is 2. The zero-order valence-corrected chi connectivity index (χ0v) is 24.4. The van der Waals surface area contributed by atoms with E-state index in [2.05, 4.69) is 11.7 Å². The summed E-state index contributed by atoms with van der Waals surface area (Å²) in [5.41, 5.74) is -1.07. The predicted molar refractivity (Wildman–Crippen MR) is 153 cm³/mol. The summed E-state index contributed by atoms with van der Waals surface area (Å²) in [6.07, 6.45) is 10.6. The van der Waals surface area contributed by atoms with Gasteiger partial charge in [0.2, 0.25) is 11.9 Å². The SMILES string of the molecule is CCCCCCCCCCCCCCC(Cc1ccc([N+](=O)[O-])cc1[N+](=O)[O-])C(=O)O[C@](O)(CO)[C@H]1OC(=O)C(O)=C1O. The molecule has 4 N–H and O–H groups in total. The first-order valence-electron chi connectivity index (χ1n) is 14.8. The summed E-state index contributed by atoms with van der Waals surface area (Å²) in [5, 5.41) is 62.8. The summed E-state index contributed by atoms with van der Waals surface area (Å²) in [6.45, 7) is 0.862. The van der Waals surface area contributed by atoms with Gasteiger partial charge in [0.1, 0.15) is 6.61 Å². The Morgan fingerprint density at radius 3 is 2.00 bits per heavy atom. The van der Waals surface area contributed by atoms with Gasteiger partial charge >= 0.3 is 11.9 Å². The molecule has 0 aromatic heterocycles. The molecule has 14 heteroatoms. The number of aliphatic hydroxyl groups is 4. The molecule has 1 aromatic rings. The average molecular weight is 611 g/mol. The molecule has 1 aliphatic heterocycles. The van der Waals surface area contributed by atoms with E-state index in [1.165, 1.54) is 44.6 Å². The lowest BCUT2D eigenvalue weighted by Gasteiger charge is -2.31. The van der Waals surface area contributed by atoms with Crippen LogP contribution in [0.3, 0.4) is 0 Å². The van der Waals surface area contributed by atoms with Gasteiger partial charge in [-0.3, -0.25) is 25.0 Å². The third-order valence-corrected chi connectivity index (χ3v) is 7.50. The average Bonchev–Trinajstić information content (AvgIpc) is 3.24. The van der Waals surface area contributed by atoms with Crippen LogP contribution in [0.2, 0.25) is 0 Å². The Balaban J connectivity index is 2.08. The Morgan fingerprint density at radius 2 is 1.53 bits per heavy atom. The molecule has 0 saturated heterocycles. The fourth-order valence-corrected chi connectivity index (χ4v) is 4.99. The summed E-state index contributed by atoms with van der Waals surface area (Å²) >= 11 is 0. The first-order chi connectivity index (χ1) is 20.4. The van der Waals surface area contributed by atoms with Crippen molar-refractivity contribution in [3.05, 3.63) is 55.5 Å². The summed E-state index contributed by atoms with van der Waals surface area (Å²) in [6, 6.07) is 3.03. The maximum Gasteiger partial charge on any atom is 0.378 e. The number of nitro groups is 2. The van der Waals surface area contributed by atoms with E-state index in [1.807, 2.05) is 0 Å². The van der Waals surface area contributed by atoms with Crippen LogP contribution in [0.4, 0.5) is 11.4 Å². The van der Waals surface area contributed by atoms with E-state index in [1.54, 1.807) is 0 Å². The van der Waals surface area contributed by atoms with Crippen LogP contribution in [0.5, 0.6) is 0 Å². The number of nitrogens with zero attached hydrogens (tertiary/aromatic N) is 2. The van der Waals surface area contributed by atoms with Crippen LogP contribution >= 0.6 is 0 Å². The molecule has 1 heterocycles. The normalized spacial score (nSPS) is 16.9. The zero-order chi connectivity index (χ0) is 32.0. The van der Waals surface area contributed by atoms with Gasteiger partial charge in [-0.25, -0.2) is 4.79 Å². The van der Waals surface area contributed by atoms with Crippen molar-refractivity contribution < 1.29 is 49.3 Å². The van der Waals surface area contributed by atoms with Gasteiger partial charge in [0.15, 0.2) is 5.76 Å². The van der Waals surface area contributed by atoms with Crippen molar-refractivity contribution in [1.82, 2.24) is 0 Å². The number of carbonyl (C=O) groups is 2. The zero-order valence-electron chi connectivity index (χ0n) is 24.4. The third-order valence-electron chi connectivity index (χ3n) is 7.50. The lowest BCUT2D eigenvalue weighted by Crippen LogP contribution is -2.51. The first kappa shape index (κ1) is 35.4. The Kier molecular flexibility index (Phi) is 14.3. The Labute approximate surface area is 249 Å². The van der Waals surface area contributed by atoms with Gasteiger partial charge in [-0.15, -0.1) is 0 Å². The molecular formula is C29H42N2O12. The monoisotopic (exact) mass is 610 g/mol. The minimum Gasteiger partial charge on any atom is -0.505 e. The van der Waals surface area contributed by atoms with Crippen LogP contribution in [0.1, 0.15) is 96.0 Å². The Morgan fingerprint density at radius 1 is 0.977 bits per heavy atom. The Hall–Kier alpha value is -3.78. The molecule has 0 aliphatic carbocycles. The third kappa shape index (κ3) is 10.5. The van der Waals surface area contributed by atoms with Crippen molar-refractivity contribution in [2.75, 3.05) is 6.61 Å². The highest BCUT2D eigenvalue weighted by Crippen LogP contribution is 2.32. The number of rotatable bonds is 21. The van der Waals surface area contributed by atoms with Crippen molar-refractivity contribution in [2.24, 2.45) is 5.92 Å². The number of carbonyl (C=O) groups excluding carboxylic acids is 2. The van der Waals surface area contributed by atoms with E-state index in [0.29, 0.717) is 6.42 Å². The van der Waals surface area contributed by atoms with E-state index in [-0.39, 0.29) is 18.4 Å². The molecule has 1 aromatic carbocycles. The van der Waals surface area contributed by atoms with E-state index < -0.39 is 69.1 Å². The second-order valence-corrected chi connectivity index (χ2v) is 10.8. The highest BCUT2D eigenvalue weighted by atomic mass is 16.7. The number of nitro benzene ring substituents is 2. The fourth-order valence-electron chi connectivity index (χ4n) is 4.99. The minimum atomic E-state index is -2.96. The minimum absolute atomic E-state index is 0.0108. The van der Waals surface area contributed by atoms with Crippen LogP contribution in [0.25, 0.3) is 0 Å². The van der Waals surface area contributed by atoms with Crippen molar-refractivity contribution >= 4 is 23.3 Å². The summed E-state index contributed by atoms with van der Waals surface area (Å²) < 4.78 is 9.75. The number of benzene rings is 1. The smallest absolute Gasteiger partial charge is 0.378 e. The first-order valence-corrected chi connectivity index (χ1v) is 14.8. The van der Waals surface area contributed by atoms with Gasteiger partial charge in [-0.2, -0.15) is 0 Å². The number of ether oxygens (including phenoxy) is 2. The Bertz CT molecular complexity index is 1150. The van der Waals surface area contributed by atoms with Gasteiger partial charge in [-0.1, -0.05) is 84.0 Å². The number of hydrogen-bond acceptors (Lipinski definition) is 12. The lowest BCUT2D eigenvalue weighted by molar-refractivity contribution is -0.394. The molecule has 2 rings (SSSR count). The molecule has 0 radical (unpaired) electrons. The lowest BCUT2D eigenvalue weighted by atomic mass is 9.92. The molecule has 3 atom stereocenters. The standard InChI is InChI=1S/C29H42N2O12/c1-2-3-4-5-6-7-8-9-10-11-12-13-14-21(17-20-15-16-22(30(38)39)18-23(20)31(40)41)27(35)43-29(37,19-32)26-24(33)25(34)28(36)42-26/h15-16,18,21,26,32-34,37H,2-14,17,19H2,1H3/t21?,26-,29+/m0/s1. The van der Waals surface area contributed by atoms with Crippen LogP contribution in [0, 0.1) is 26.1 Å².